The Labute approximate surface area is 96.2 Å². The first-order chi connectivity index (χ1) is 7.68. The molecule has 3 heteroatoms. The second-order valence-corrected chi connectivity index (χ2v) is 4.66. The van der Waals surface area contributed by atoms with Crippen molar-refractivity contribution < 1.29 is 0 Å². The van der Waals surface area contributed by atoms with E-state index >= 15 is 0 Å². The van der Waals surface area contributed by atoms with Crippen LogP contribution in [0.25, 0.3) is 10.9 Å². The molecule has 0 bridgehead atoms. The van der Waals surface area contributed by atoms with Gasteiger partial charge in [0, 0.05) is 11.9 Å². The molecule has 1 aromatic heterocycles. The number of hydrogen-bond donors (Lipinski definition) is 1. The Morgan fingerprint density at radius 3 is 2.81 bits per heavy atom. The van der Waals surface area contributed by atoms with Gasteiger partial charge in [0.15, 0.2) is 5.82 Å². The maximum atomic E-state index is 5.88. The fraction of sp³-hybridized carbons (Fsp3) is 0.462. The molecule has 0 atom stereocenters. The number of rotatable bonds is 4. The maximum Gasteiger partial charge on any atom is 0.153 e. The van der Waals surface area contributed by atoms with Crippen molar-refractivity contribution >= 4 is 16.7 Å². The van der Waals surface area contributed by atoms with Crippen LogP contribution >= 0.6 is 0 Å². The second-order valence-electron chi connectivity index (χ2n) is 4.66. The standard InChI is InChI=1S/C13H19N3/c1-10(2)6-5-9-16-12-8-4-3-7-11(12)13(14)15-16/h3-4,7-8,10H,5-6,9H2,1-2H3,(H2,14,15). The third-order valence-electron chi connectivity index (χ3n) is 2.84. The molecule has 0 aliphatic heterocycles. The van der Waals surface area contributed by atoms with Gasteiger partial charge < -0.3 is 5.73 Å². The molecule has 2 aromatic rings. The number of aromatic nitrogens is 2. The Morgan fingerprint density at radius 1 is 1.31 bits per heavy atom. The van der Waals surface area contributed by atoms with Gasteiger partial charge in [0.1, 0.15) is 0 Å². The van der Waals surface area contributed by atoms with Crippen molar-refractivity contribution in [1.82, 2.24) is 9.78 Å². The first-order valence-corrected chi connectivity index (χ1v) is 5.89. The largest absolute Gasteiger partial charge is 0.382 e. The molecule has 0 aliphatic rings. The summed E-state index contributed by atoms with van der Waals surface area (Å²) in [5, 5.41) is 5.44. The van der Waals surface area contributed by atoms with Crippen molar-refractivity contribution in [3.63, 3.8) is 0 Å². The smallest absolute Gasteiger partial charge is 0.153 e. The molecular weight excluding hydrogens is 198 g/mol. The number of benzene rings is 1. The Morgan fingerprint density at radius 2 is 2.06 bits per heavy atom. The van der Waals surface area contributed by atoms with Crippen molar-refractivity contribution in [2.24, 2.45) is 5.92 Å². The summed E-state index contributed by atoms with van der Waals surface area (Å²) in [6.07, 6.45) is 2.39. The summed E-state index contributed by atoms with van der Waals surface area (Å²) in [7, 11) is 0. The summed E-state index contributed by atoms with van der Waals surface area (Å²) in [6, 6.07) is 8.13. The highest BCUT2D eigenvalue weighted by molar-refractivity contribution is 5.88. The maximum absolute atomic E-state index is 5.88. The van der Waals surface area contributed by atoms with E-state index in [-0.39, 0.29) is 0 Å². The van der Waals surface area contributed by atoms with E-state index in [1.165, 1.54) is 6.42 Å². The predicted octanol–water partition coefficient (Wildman–Crippen LogP) is 3.05. The number of nitrogen functional groups attached to an aromatic ring is 1. The number of para-hydroxylation sites is 1. The van der Waals surface area contributed by atoms with Crippen LogP contribution in [0.4, 0.5) is 5.82 Å². The van der Waals surface area contributed by atoms with Gasteiger partial charge in [-0.25, -0.2) is 0 Å². The molecule has 0 saturated heterocycles. The molecule has 0 unspecified atom stereocenters. The summed E-state index contributed by atoms with van der Waals surface area (Å²) >= 11 is 0. The molecule has 0 spiro atoms. The van der Waals surface area contributed by atoms with Crippen LogP contribution in [0.2, 0.25) is 0 Å². The third-order valence-corrected chi connectivity index (χ3v) is 2.84. The van der Waals surface area contributed by atoms with E-state index in [0.717, 1.165) is 29.8 Å². The topological polar surface area (TPSA) is 43.8 Å². The van der Waals surface area contributed by atoms with Gasteiger partial charge in [-0.3, -0.25) is 4.68 Å². The van der Waals surface area contributed by atoms with E-state index in [2.05, 4.69) is 25.0 Å². The molecule has 0 fully saturated rings. The van der Waals surface area contributed by atoms with Crippen LogP contribution in [0, 0.1) is 5.92 Å². The lowest BCUT2D eigenvalue weighted by Gasteiger charge is -2.05. The normalized spacial score (nSPS) is 11.4. The van der Waals surface area contributed by atoms with Crippen LogP contribution in [-0.2, 0) is 6.54 Å². The summed E-state index contributed by atoms with van der Waals surface area (Å²) in [5.74, 6) is 1.39. The fourth-order valence-electron chi connectivity index (χ4n) is 1.97. The highest BCUT2D eigenvalue weighted by Crippen LogP contribution is 2.20. The molecule has 1 aromatic carbocycles. The van der Waals surface area contributed by atoms with Gasteiger partial charge in [0.25, 0.3) is 0 Å². The van der Waals surface area contributed by atoms with Crippen LogP contribution in [0.1, 0.15) is 26.7 Å². The lowest BCUT2D eigenvalue weighted by atomic mass is 10.1. The Bertz CT molecular complexity index is 471. The number of nitrogens with two attached hydrogens (primary N) is 1. The van der Waals surface area contributed by atoms with E-state index in [9.17, 15) is 0 Å². The van der Waals surface area contributed by atoms with Gasteiger partial charge in [-0.2, -0.15) is 5.10 Å². The van der Waals surface area contributed by atoms with Gasteiger partial charge in [0.05, 0.1) is 5.52 Å². The lowest BCUT2D eigenvalue weighted by molar-refractivity contribution is 0.498. The van der Waals surface area contributed by atoms with Crippen LogP contribution < -0.4 is 5.73 Å². The summed E-state index contributed by atoms with van der Waals surface area (Å²) < 4.78 is 2.02. The first kappa shape index (κ1) is 11.0. The average molecular weight is 217 g/mol. The molecule has 3 nitrogen and oxygen atoms in total. The monoisotopic (exact) mass is 217 g/mol. The van der Waals surface area contributed by atoms with E-state index in [1.54, 1.807) is 0 Å². The van der Waals surface area contributed by atoms with E-state index in [1.807, 2.05) is 22.9 Å². The fourth-order valence-corrected chi connectivity index (χ4v) is 1.97. The molecular formula is C13H19N3. The summed E-state index contributed by atoms with van der Waals surface area (Å²) in [4.78, 5) is 0. The zero-order chi connectivity index (χ0) is 11.5. The Balaban J connectivity index is 2.18. The number of nitrogens with zero attached hydrogens (tertiary/aromatic N) is 2. The SMILES string of the molecule is CC(C)CCCn1nc(N)c2ccccc21. The van der Waals surface area contributed by atoms with Gasteiger partial charge in [-0.05, 0) is 30.9 Å². The van der Waals surface area contributed by atoms with Crippen molar-refractivity contribution in [2.45, 2.75) is 33.2 Å². The van der Waals surface area contributed by atoms with Crippen molar-refractivity contribution in [1.29, 1.82) is 0 Å². The molecule has 0 saturated carbocycles. The van der Waals surface area contributed by atoms with Crippen molar-refractivity contribution in [2.75, 3.05) is 5.73 Å². The average Bonchev–Trinajstić information content (AvgIpc) is 2.57. The van der Waals surface area contributed by atoms with Crippen LogP contribution in [-0.4, -0.2) is 9.78 Å². The highest BCUT2D eigenvalue weighted by atomic mass is 15.3. The van der Waals surface area contributed by atoms with Crippen LogP contribution in [0.5, 0.6) is 0 Å². The van der Waals surface area contributed by atoms with E-state index in [4.69, 9.17) is 5.73 Å². The minimum atomic E-state index is 0.639. The van der Waals surface area contributed by atoms with E-state index < -0.39 is 0 Å². The molecule has 1 heterocycles. The van der Waals surface area contributed by atoms with Crippen LogP contribution in [0.15, 0.2) is 24.3 Å². The highest BCUT2D eigenvalue weighted by Gasteiger charge is 2.06. The molecule has 0 radical (unpaired) electrons. The summed E-state index contributed by atoms with van der Waals surface area (Å²) in [5.41, 5.74) is 7.02. The predicted molar refractivity (Wildman–Crippen MR) is 68.2 cm³/mol. The van der Waals surface area contributed by atoms with E-state index in [0.29, 0.717) is 5.82 Å². The molecule has 0 aliphatic carbocycles. The second kappa shape index (κ2) is 4.56. The minimum absolute atomic E-state index is 0.639. The quantitative estimate of drug-likeness (QED) is 0.855. The number of hydrogen-bond acceptors (Lipinski definition) is 2. The third kappa shape index (κ3) is 2.18. The summed E-state index contributed by atoms with van der Waals surface area (Å²) in [6.45, 7) is 5.45. The van der Waals surface area contributed by atoms with Gasteiger partial charge >= 0.3 is 0 Å². The van der Waals surface area contributed by atoms with Gasteiger partial charge in [-0.1, -0.05) is 26.0 Å². The van der Waals surface area contributed by atoms with Crippen molar-refractivity contribution in [3.05, 3.63) is 24.3 Å². The van der Waals surface area contributed by atoms with Gasteiger partial charge in [-0.15, -0.1) is 0 Å². The number of fused-ring (bicyclic) bond motifs is 1. The molecule has 16 heavy (non-hydrogen) atoms. The van der Waals surface area contributed by atoms with Crippen LogP contribution in [0.3, 0.4) is 0 Å². The lowest BCUT2D eigenvalue weighted by Crippen LogP contribution is -2.02. The molecule has 86 valence electrons. The van der Waals surface area contributed by atoms with Gasteiger partial charge in [0.2, 0.25) is 0 Å². The molecule has 2 rings (SSSR count). The molecule has 2 N–H and O–H groups in total. The molecule has 0 amide bonds. The number of anilines is 1. The first-order valence-electron chi connectivity index (χ1n) is 5.89. The Hall–Kier alpha value is -1.51. The number of aryl methyl sites for hydroxylation is 1. The minimum Gasteiger partial charge on any atom is -0.382 e. The van der Waals surface area contributed by atoms with Crippen molar-refractivity contribution in [3.8, 4) is 0 Å². The Kier molecular flexibility index (Phi) is 3.13. The zero-order valence-electron chi connectivity index (χ0n) is 9.98. The zero-order valence-corrected chi connectivity index (χ0v) is 9.98.